The van der Waals surface area contributed by atoms with E-state index in [0.29, 0.717) is 21.5 Å². The molecule has 0 unspecified atom stereocenters. The summed E-state index contributed by atoms with van der Waals surface area (Å²) >= 11 is 6.65. The first-order valence-corrected chi connectivity index (χ1v) is 6.68. The van der Waals surface area contributed by atoms with Crippen LogP contribution in [0.25, 0.3) is 0 Å². The average Bonchev–Trinajstić information content (AvgIpc) is 2.43. The van der Waals surface area contributed by atoms with Gasteiger partial charge in [0.05, 0.1) is 15.7 Å². The van der Waals surface area contributed by atoms with Crippen molar-refractivity contribution >= 4 is 49.3 Å². The van der Waals surface area contributed by atoms with Crippen LogP contribution in [0.3, 0.4) is 0 Å². The monoisotopic (exact) mass is 382 g/mol. The van der Waals surface area contributed by atoms with E-state index in [2.05, 4.69) is 58.6 Å². The summed E-state index contributed by atoms with van der Waals surface area (Å²) in [5, 5.41) is 12.2. The van der Waals surface area contributed by atoms with E-state index >= 15 is 0 Å². The van der Waals surface area contributed by atoms with Gasteiger partial charge in [-0.05, 0) is 34.1 Å². The maximum atomic E-state index is 9.10. The number of nitrogens with zero attached hydrogens (tertiary/aromatic N) is 3. The van der Waals surface area contributed by atoms with Crippen molar-refractivity contribution in [2.45, 2.75) is 0 Å². The Kier molecular flexibility index (Phi) is 4.31. The van der Waals surface area contributed by atoms with E-state index in [1.807, 2.05) is 6.07 Å². The molecule has 0 aliphatic rings. The molecular formula is C11H8Br2N6. The number of halogens is 2. The zero-order chi connectivity index (χ0) is 13.8. The molecule has 2 rings (SSSR count). The van der Waals surface area contributed by atoms with Gasteiger partial charge in [0.2, 0.25) is 5.95 Å². The Morgan fingerprint density at radius 1 is 1.32 bits per heavy atom. The summed E-state index contributed by atoms with van der Waals surface area (Å²) < 4.78 is 1.50. The lowest BCUT2D eigenvalue weighted by atomic mass is 10.2. The number of hydrogen-bond donors (Lipinski definition) is 3. The number of nitriles is 1. The van der Waals surface area contributed by atoms with Crippen LogP contribution in [0, 0.1) is 11.3 Å². The van der Waals surface area contributed by atoms with Crippen molar-refractivity contribution in [1.82, 2.24) is 9.97 Å². The van der Waals surface area contributed by atoms with Crippen LogP contribution >= 0.6 is 31.9 Å². The van der Waals surface area contributed by atoms with E-state index in [-0.39, 0.29) is 5.95 Å². The summed E-state index contributed by atoms with van der Waals surface area (Å²) in [5.41, 5.74) is 3.51. The maximum Gasteiger partial charge on any atom is 0.239 e. The fourth-order valence-corrected chi connectivity index (χ4v) is 2.02. The number of nitrogens with two attached hydrogens (primary N) is 1. The third-order valence-electron chi connectivity index (χ3n) is 2.23. The number of hydrazine groups is 1. The van der Waals surface area contributed by atoms with Gasteiger partial charge in [-0.25, -0.2) is 10.8 Å². The van der Waals surface area contributed by atoms with E-state index in [1.165, 1.54) is 0 Å². The highest BCUT2D eigenvalue weighted by Gasteiger charge is 2.08. The molecule has 0 bridgehead atoms. The van der Waals surface area contributed by atoms with Crippen LogP contribution in [0.2, 0.25) is 0 Å². The van der Waals surface area contributed by atoms with Crippen LogP contribution in [-0.4, -0.2) is 9.97 Å². The van der Waals surface area contributed by atoms with Crippen molar-refractivity contribution < 1.29 is 0 Å². The molecule has 96 valence electrons. The van der Waals surface area contributed by atoms with Gasteiger partial charge in [0.15, 0.2) is 0 Å². The van der Waals surface area contributed by atoms with Gasteiger partial charge in [-0.2, -0.15) is 10.2 Å². The Morgan fingerprint density at radius 3 is 2.79 bits per heavy atom. The number of benzene rings is 1. The lowest BCUT2D eigenvalue weighted by molar-refractivity contribution is 1.11. The second-order valence-electron chi connectivity index (χ2n) is 3.46. The van der Waals surface area contributed by atoms with Crippen LogP contribution in [0.1, 0.15) is 5.56 Å². The molecule has 8 heteroatoms. The first-order valence-electron chi connectivity index (χ1n) is 5.10. The minimum atomic E-state index is 0.279. The van der Waals surface area contributed by atoms with Gasteiger partial charge in [-0.15, -0.1) is 0 Å². The van der Waals surface area contributed by atoms with E-state index in [1.54, 1.807) is 18.3 Å². The van der Waals surface area contributed by atoms with Crippen molar-refractivity contribution in [2.24, 2.45) is 5.84 Å². The predicted octanol–water partition coefficient (Wildman–Crippen LogP) is 2.90. The van der Waals surface area contributed by atoms with Gasteiger partial charge in [-0.3, -0.25) is 5.43 Å². The molecule has 1 aromatic heterocycles. The lowest BCUT2D eigenvalue weighted by Gasteiger charge is -2.10. The molecular weight excluding hydrogens is 376 g/mol. The molecule has 0 fully saturated rings. The molecule has 0 saturated carbocycles. The van der Waals surface area contributed by atoms with Crippen molar-refractivity contribution in [3.05, 3.63) is 38.9 Å². The van der Waals surface area contributed by atoms with Gasteiger partial charge in [-0.1, -0.05) is 15.9 Å². The van der Waals surface area contributed by atoms with E-state index < -0.39 is 0 Å². The molecule has 1 heterocycles. The Morgan fingerprint density at radius 2 is 2.11 bits per heavy atom. The third-order valence-corrected chi connectivity index (χ3v) is 3.30. The molecule has 0 saturated heterocycles. The van der Waals surface area contributed by atoms with Crippen LogP contribution in [0.5, 0.6) is 0 Å². The number of anilines is 3. The van der Waals surface area contributed by atoms with Crippen molar-refractivity contribution in [3.8, 4) is 6.07 Å². The number of nitrogens with one attached hydrogen (secondary N) is 2. The van der Waals surface area contributed by atoms with Crippen LogP contribution in [0.4, 0.5) is 17.5 Å². The summed E-state index contributed by atoms with van der Waals surface area (Å²) in [4.78, 5) is 8.11. The van der Waals surface area contributed by atoms with Gasteiger partial charge in [0, 0.05) is 10.7 Å². The van der Waals surface area contributed by atoms with Crippen molar-refractivity contribution in [3.63, 3.8) is 0 Å². The van der Waals surface area contributed by atoms with Crippen LogP contribution in [0.15, 0.2) is 33.3 Å². The van der Waals surface area contributed by atoms with Gasteiger partial charge < -0.3 is 5.32 Å². The largest absolute Gasteiger partial charge is 0.338 e. The predicted molar refractivity (Wildman–Crippen MR) is 79.7 cm³/mol. The standard InChI is InChI=1S/C11H8Br2N6/c12-7-1-2-9(6(3-7)4-14)17-10-8(13)5-16-11(18-10)19-15/h1-3,5H,15H2,(H2,16,17,18,19). The molecule has 0 amide bonds. The van der Waals surface area contributed by atoms with Gasteiger partial charge in [0.1, 0.15) is 11.9 Å². The molecule has 1 aromatic carbocycles. The topological polar surface area (TPSA) is 99.7 Å². The molecule has 0 aliphatic heterocycles. The average molecular weight is 384 g/mol. The summed E-state index contributed by atoms with van der Waals surface area (Å²) in [5.74, 6) is 6.06. The summed E-state index contributed by atoms with van der Waals surface area (Å²) in [7, 11) is 0. The zero-order valence-electron chi connectivity index (χ0n) is 9.48. The lowest BCUT2D eigenvalue weighted by Crippen LogP contribution is -2.11. The molecule has 19 heavy (non-hydrogen) atoms. The highest BCUT2D eigenvalue weighted by Crippen LogP contribution is 2.27. The maximum absolute atomic E-state index is 9.10. The Bertz CT molecular complexity index is 652. The fourth-order valence-electron chi connectivity index (χ4n) is 1.37. The third kappa shape index (κ3) is 3.20. The molecule has 2 aromatic rings. The highest BCUT2D eigenvalue weighted by atomic mass is 79.9. The Labute approximate surface area is 126 Å². The Hall–Kier alpha value is -1.69. The van der Waals surface area contributed by atoms with Crippen molar-refractivity contribution in [1.29, 1.82) is 5.26 Å². The molecule has 6 nitrogen and oxygen atoms in total. The number of nitrogen functional groups attached to an aromatic ring is 1. The molecule has 4 N–H and O–H groups in total. The van der Waals surface area contributed by atoms with E-state index in [0.717, 1.165) is 4.47 Å². The number of hydrogen-bond acceptors (Lipinski definition) is 6. The fraction of sp³-hybridized carbons (Fsp3) is 0. The first-order chi connectivity index (χ1) is 9.13. The van der Waals surface area contributed by atoms with Gasteiger partial charge >= 0.3 is 0 Å². The highest BCUT2D eigenvalue weighted by molar-refractivity contribution is 9.10. The summed E-state index contributed by atoms with van der Waals surface area (Å²) in [6.07, 6.45) is 1.56. The zero-order valence-corrected chi connectivity index (χ0v) is 12.7. The second-order valence-corrected chi connectivity index (χ2v) is 5.23. The number of aromatic nitrogens is 2. The summed E-state index contributed by atoms with van der Waals surface area (Å²) in [6.45, 7) is 0. The SMILES string of the molecule is N#Cc1cc(Br)ccc1Nc1nc(NN)ncc1Br. The second kappa shape index (κ2) is 5.97. The van der Waals surface area contributed by atoms with E-state index in [9.17, 15) is 0 Å². The van der Waals surface area contributed by atoms with Gasteiger partial charge in [0.25, 0.3) is 0 Å². The molecule has 0 radical (unpaired) electrons. The van der Waals surface area contributed by atoms with Crippen molar-refractivity contribution in [2.75, 3.05) is 10.7 Å². The number of rotatable bonds is 3. The summed E-state index contributed by atoms with van der Waals surface area (Å²) in [6, 6.07) is 7.45. The Balaban J connectivity index is 2.39. The molecule has 0 spiro atoms. The smallest absolute Gasteiger partial charge is 0.239 e. The normalized spacial score (nSPS) is 9.79. The minimum Gasteiger partial charge on any atom is -0.338 e. The molecule has 0 aliphatic carbocycles. The first kappa shape index (κ1) is 13.7. The quantitative estimate of drug-likeness (QED) is 0.556. The van der Waals surface area contributed by atoms with E-state index in [4.69, 9.17) is 11.1 Å². The minimum absolute atomic E-state index is 0.279. The van der Waals surface area contributed by atoms with Crippen LogP contribution in [-0.2, 0) is 0 Å². The van der Waals surface area contributed by atoms with Crippen LogP contribution < -0.4 is 16.6 Å². The molecule has 0 atom stereocenters.